The molecule has 44 heavy (non-hydrogen) atoms. The highest BCUT2D eigenvalue weighted by molar-refractivity contribution is 7.22. The average Bonchev–Trinajstić information content (AvgIpc) is 3.63. The van der Waals surface area contributed by atoms with Gasteiger partial charge in [0, 0.05) is 29.7 Å². The number of methoxy groups -OCH3 is 1. The van der Waals surface area contributed by atoms with Crippen LogP contribution in [0.2, 0.25) is 0 Å². The van der Waals surface area contributed by atoms with E-state index in [1.165, 1.54) is 42.8 Å². The monoisotopic (exact) mass is 627 g/mol. The van der Waals surface area contributed by atoms with E-state index >= 15 is 4.39 Å². The minimum atomic E-state index is -3.45. The number of ether oxygens (including phenoxy) is 3. The molecule has 0 bridgehead atoms. The standard InChI is InChI=1S/C29H24F3N5O6S/c1-14-5-17(24-20(6-14)35-23(41-2)10-34-24)27-36-21-8-19(30)25-18(26(21)44-27)7-16(43-25)11-37(28(39)40)15-3-4-22(33-9-15)42-13-29(31,32)12-38/h3-6,8-10,16,38H,7,11-13H2,1-2H3,(H,39,40). The van der Waals surface area contributed by atoms with E-state index in [0.29, 0.717) is 37.7 Å². The number of fused-ring (bicyclic) bond motifs is 4. The summed E-state index contributed by atoms with van der Waals surface area (Å²) in [4.78, 5) is 30.7. The second-order valence-electron chi connectivity index (χ2n) is 10.1. The molecule has 4 heterocycles. The zero-order valence-electron chi connectivity index (χ0n) is 23.3. The van der Waals surface area contributed by atoms with Gasteiger partial charge in [-0.05, 0) is 30.7 Å². The number of aromatic nitrogens is 4. The van der Waals surface area contributed by atoms with Crippen molar-refractivity contribution in [3.05, 3.63) is 59.7 Å². The van der Waals surface area contributed by atoms with E-state index < -0.39 is 37.2 Å². The number of alkyl halides is 2. The van der Waals surface area contributed by atoms with Crippen molar-refractivity contribution in [1.29, 1.82) is 0 Å². The van der Waals surface area contributed by atoms with E-state index in [-0.39, 0.29) is 30.3 Å². The summed E-state index contributed by atoms with van der Waals surface area (Å²) in [5, 5.41) is 19.2. The number of carbonyl (C=O) groups is 1. The number of nitrogens with zero attached hydrogens (tertiary/aromatic N) is 5. The third kappa shape index (κ3) is 5.63. The number of carboxylic acid groups (broad SMARTS) is 1. The smallest absolute Gasteiger partial charge is 0.411 e. The van der Waals surface area contributed by atoms with Gasteiger partial charge in [-0.1, -0.05) is 0 Å². The van der Waals surface area contributed by atoms with Crippen LogP contribution in [0.25, 0.3) is 31.8 Å². The summed E-state index contributed by atoms with van der Waals surface area (Å²) in [5.74, 6) is -3.82. The van der Waals surface area contributed by atoms with Crippen molar-refractivity contribution in [2.24, 2.45) is 0 Å². The lowest BCUT2D eigenvalue weighted by Crippen LogP contribution is -2.38. The summed E-state index contributed by atoms with van der Waals surface area (Å²) in [7, 11) is 1.51. The van der Waals surface area contributed by atoms with Gasteiger partial charge < -0.3 is 24.4 Å². The maximum Gasteiger partial charge on any atom is 0.411 e. The van der Waals surface area contributed by atoms with Crippen LogP contribution < -0.4 is 19.1 Å². The molecule has 0 spiro atoms. The Morgan fingerprint density at radius 1 is 1.16 bits per heavy atom. The van der Waals surface area contributed by atoms with E-state index in [9.17, 15) is 18.7 Å². The molecule has 228 valence electrons. The number of pyridine rings is 1. The van der Waals surface area contributed by atoms with Gasteiger partial charge in [0.1, 0.15) is 17.7 Å². The minimum absolute atomic E-state index is 0.0355. The first-order valence-corrected chi connectivity index (χ1v) is 14.0. The number of thiazole rings is 1. The lowest BCUT2D eigenvalue weighted by molar-refractivity contribution is -0.0809. The number of benzene rings is 2. The Morgan fingerprint density at radius 3 is 2.68 bits per heavy atom. The zero-order chi connectivity index (χ0) is 31.2. The van der Waals surface area contributed by atoms with Crippen molar-refractivity contribution < 1.29 is 42.4 Å². The highest BCUT2D eigenvalue weighted by atomic mass is 32.1. The van der Waals surface area contributed by atoms with Gasteiger partial charge in [-0.2, -0.15) is 0 Å². The molecule has 0 fully saturated rings. The summed E-state index contributed by atoms with van der Waals surface area (Å²) in [6.45, 7) is -0.715. The van der Waals surface area contributed by atoms with E-state index in [1.807, 2.05) is 19.1 Å². The summed E-state index contributed by atoms with van der Waals surface area (Å²) in [5.41, 5.74) is 4.06. The SMILES string of the molecule is COc1cnc2c(-c3nc4cc(F)c5c(c4s3)CC(CN(C(=O)O)c3ccc(OCC(F)(F)CO)nc3)O5)cc(C)cc2n1. The summed E-state index contributed by atoms with van der Waals surface area (Å²) < 4.78 is 58.5. The molecular formula is C29H24F3N5O6S. The summed E-state index contributed by atoms with van der Waals surface area (Å²) in [6.07, 6.45) is 0.836. The quantitative estimate of drug-likeness (QED) is 0.223. The molecule has 5 aromatic rings. The van der Waals surface area contributed by atoms with Gasteiger partial charge in [0.2, 0.25) is 11.8 Å². The maximum atomic E-state index is 15.2. The van der Waals surface area contributed by atoms with Gasteiger partial charge in [-0.15, -0.1) is 11.3 Å². The molecule has 11 nitrogen and oxygen atoms in total. The first kappa shape index (κ1) is 29.3. The molecule has 0 aliphatic carbocycles. The van der Waals surface area contributed by atoms with E-state index in [4.69, 9.17) is 24.3 Å². The van der Waals surface area contributed by atoms with Crippen LogP contribution in [-0.2, 0) is 6.42 Å². The van der Waals surface area contributed by atoms with Crippen LogP contribution in [0.1, 0.15) is 11.1 Å². The Bertz CT molecular complexity index is 1890. The number of aryl methyl sites for hydroxylation is 1. The highest BCUT2D eigenvalue weighted by Gasteiger charge is 2.33. The van der Waals surface area contributed by atoms with E-state index in [2.05, 4.69) is 15.0 Å². The average molecular weight is 628 g/mol. The van der Waals surface area contributed by atoms with Crippen molar-refractivity contribution >= 4 is 44.4 Å². The lowest BCUT2D eigenvalue weighted by atomic mass is 10.1. The first-order chi connectivity index (χ1) is 21.0. The fourth-order valence-corrected chi connectivity index (χ4v) is 6.01. The molecule has 2 N–H and O–H groups in total. The fraction of sp³-hybridized carbons (Fsp3) is 0.276. The van der Waals surface area contributed by atoms with Gasteiger partial charge in [0.15, 0.2) is 18.2 Å². The second kappa shape index (κ2) is 11.4. The van der Waals surface area contributed by atoms with Crippen molar-refractivity contribution in [1.82, 2.24) is 19.9 Å². The van der Waals surface area contributed by atoms with Crippen molar-refractivity contribution in [2.45, 2.75) is 25.4 Å². The summed E-state index contributed by atoms with van der Waals surface area (Å²) >= 11 is 1.35. The van der Waals surface area contributed by atoms with E-state index in [1.54, 1.807) is 0 Å². The molecule has 0 saturated carbocycles. The molecule has 3 aromatic heterocycles. The molecule has 6 rings (SSSR count). The van der Waals surface area contributed by atoms with Gasteiger partial charge in [0.25, 0.3) is 0 Å². The van der Waals surface area contributed by atoms with Crippen LogP contribution in [0.15, 0.2) is 42.7 Å². The van der Waals surface area contributed by atoms with Crippen LogP contribution in [0.3, 0.4) is 0 Å². The Hall–Kier alpha value is -4.76. The number of amides is 1. The van der Waals surface area contributed by atoms with Gasteiger partial charge in [-0.25, -0.2) is 37.9 Å². The Labute approximate surface area is 251 Å². The van der Waals surface area contributed by atoms with Gasteiger partial charge in [0.05, 0.1) is 53.0 Å². The van der Waals surface area contributed by atoms with Crippen LogP contribution in [-0.4, -0.2) is 75.1 Å². The first-order valence-electron chi connectivity index (χ1n) is 13.2. The fourth-order valence-electron chi connectivity index (χ4n) is 4.89. The topological polar surface area (TPSA) is 140 Å². The predicted octanol–water partition coefficient (Wildman–Crippen LogP) is 5.25. The molecule has 1 aliphatic rings. The lowest BCUT2D eigenvalue weighted by Gasteiger charge is -2.22. The molecule has 15 heteroatoms. The number of hydrogen-bond donors (Lipinski definition) is 2. The van der Waals surface area contributed by atoms with Crippen molar-refractivity contribution in [3.8, 4) is 28.1 Å². The number of rotatable bonds is 9. The van der Waals surface area contributed by atoms with Crippen LogP contribution in [0, 0.1) is 12.7 Å². The minimum Gasteiger partial charge on any atom is -0.485 e. The number of aliphatic hydroxyl groups excluding tert-OH is 1. The second-order valence-corrected chi connectivity index (χ2v) is 11.1. The van der Waals surface area contributed by atoms with Gasteiger partial charge in [-0.3, -0.25) is 4.90 Å². The number of aliphatic hydroxyl groups is 1. The number of halogens is 3. The molecular weight excluding hydrogens is 603 g/mol. The Kier molecular flexibility index (Phi) is 7.59. The molecule has 0 radical (unpaired) electrons. The highest BCUT2D eigenvalue weighted by Crippen LogP contribution is 2.43. The predicted molar refractivity (Wildman–Crippen MR) is 155 cm³/mol. The van der Waals surface area contributed by atoms with Gasteiger partial charge >= 0.3 is 12.0 Å². The third-order valence-corrected chi connectivity index (χ3v) is 8.08. The zero-order valence-corrected chi connectivity index (χ0v) is 24.1. The molecule has 2 aromatic carbocycles. The van der Waals surface area contributed by atoms with Crippen LogP contribution in [0.5, 0.6) is 17.5 Å². The van der Waals surface area contributed by atoms with Crippen molar-refractivity contribution in [3.63, 3.8) is 0 Å². The van der Waals surface area contributed by atoms with Crippen LogP contribution in [0.4, 0.5) is 23.7 Å². The number of hydrogen-bond acceptors (Lipinski definition) is 10. The summed E-state index contributed by atoms with van der Waals surface area (Å²) in [6, 6.07) is 7.69. The molecule has 0 saturated heterocycles. The maximum absolute atomic E-state index is 15.2. The van der Waals surface area contributed by atoms with E-state index in [0.717, 1.165) is 22.2 Å². The largest absolute Gasteiger partial charge is 0.485 e. The number of anilines is 1. The van der Waals surface area contributed by atoms with Crippen molar-refractivity contribution in [2.75, 3.05) is 31.8 Å². The molecule has 1 unspecified atom stereocenters. The molecule has 1 amide bonds. The Morgan fingerprint density at radius 2 is 1.98 bits per heavy atom. The molecule has 1 aliphatic heterocycles. The third-order valence-electron chi connectivity index (χ3n) is 6.92. The molecule has 1 atom stereocenters. The normalized spacial score (nSPS) is 14.5. The Balaban J connectivity index is 1.26. The van der Waals surface area contributed by atoms with Crippen LogP contribution >= 0.6 is 11.3 Å².